The van der Waals surface area contributed by atoms with Gasteiger partial charge in [0.1, 0.15) is 0 Å². The summed E-state index contributed by atoms with van der Waals surface area (Å²) in [4.78, 5) is 11.4. The van der Waals surface area contributed by atoms with E-state index in [9.17, 15) is 4.79 Å². The molecular formula is C10H10BrClO2. The van der Waals surface area contributed by atoms with E-state index in [1.54, 1.807) is 19.1 Å². The molecule has 0 unspecified atom stereocenters. The molecule has 0 aliphatic carbocycles. The van der Waals surface area contributed by atoms with Gasteiger partial charge in [-0.1, -0.05) is 11.6 Å². The highest BCUT2D eigenvalue weighted by Gasteiger charge is 2.10. The van der Waals surface area contributed by atoms with Crippen LogP contribution in [-0.4, -0.2) is 12.6 Å². The Kier molecular flexibility index (Phi) is 3.96. The molecule has 0 aliphatic rings. The lowest BCUT2D eigenvalue weighted by atomic mass is 10.1. The first-order chi connectivity index (χ1) is 6.56. The van der Waals surface area contributed by atoms with E-state index in [1.165, 1.54) is 0 Å². The molecule has 4 heteroatoms. The normalized spacial score (nSPS) is 10.0. The molecule has 0 heterocycles. The number of ether oxygens (including phenoxy) is 1. The van der Waals surface area contributed by atoms with Crippen molar-refractivity contribution in [1.82, 2.24) is 0 Å². The minimum atomic E-state index is -0.343. The molecule has 0 saturated heterocycles. The van der Waals surface area contributed by atoms with E-state index >= 15 is 0 Å². The lowest BCUT2D eigenvalue weighted by Gasteiger charge is -2.05. The number of carbonyl (C=O) groups excluding carboxylic acids is 1. The summed E-state index contributed by atoms with van der Waals surface area (Å²) in [5.74, 6) is -0.343. The smallest absolute Gasteiger partial charge is 0.338 e. The topological polar surface area (TPSA) is 26.3 Å². The minimum absolute atomic E-state index is 0.343. The maximum Gasteiger partial charge on any atom is 0.338 e. The van der Waals surface area contributed by atoms with Gasteiger partial charge in [-0.3, -0.25) is 0 Å². The van der Waals surface area contributed by atoms with Gasteiger partial charge in [-0.05, 0) is 47.5 Å². The highest BCUT2D eigenvalue weighted by Crippen LogP contribution is 2.27. The van der Waals surface area contributed by atoms with E-state index < -0.39 is 0 Å². The largest absolute Gasteiger partial charge is 0.462 e. The molecule has 76 valence electrons. The standard InChI is InChI=1S/C10H10BrClO2/c1-3-14-10(13)7-4-6(2)9(11)8(12)5-7/h4-5H,3H2,1-2H3. The number of esters is 1. The monoisotopic (exact) mass is 276 g/mol. The van der Waals surface area contributed by atoms with Gasteiger partial charge in [-0.15, -0.1) is 0 Å². The van der Waals surface area contributed by atoms with Crippen molar-refractivity contribution < 1.29 is 9.53 Å². The molecule has 1 aromatic rings. The molecule has 2 nitrogen and oxygen atoms in total. The van der Waals surface area contributed by atoms with Crippen molar-refractivity contribution in [3.8, 4) is 0 Å². The second kappa shape index (κ2) is 4.80. The van der Waals surface area contributed by atoms with E-state index in [-0.39, 0.29) is 5.97 Å². The van der Waals surface area contributed by atoms with E-state index in [0.717, 1.165) is 10.0 Å². The molecule has 1 rings (SSSR count). The average Bonchev–Trinajstić information content (AvgIpc) is 2.13. The Balaban J connectivity index is 3.06. The molecule has 1 aromatic carbocycles. The molecule has 0 atom stereocenters. The number of benzene rings is 1. The van der Waals surface area contributed by atoms with Crippen LogP contribution in [-0.2, 0) is 4.74 Å². The van der Waals surface area contributed by atoms with E-state index in [0.29, 0.717) is 17.2 Å². The third-order valence-electron chi connectivity index (χ3n) is 1.72. The fourth-order valence-corrected chi connectivity index (χ4v) is 1.55. The lowest BCUT2D eigenvalue weighted by molar-refractivity contribution is 0.0526. The van der Waals surface area contributed by atoms with Crippen LogP contribution in [0.2, 0.25) is 5.02 Å². The summed E-state index contributed by atoms with van der Waals surface area (Å²) in [6.07, 6.45) is 0. The summed E-state index contributed by atoms with van der Waals surface area (Å²) < 4.78 is 5.68. The van der Waals surface area contributed by atoms with Crippen LogP contribution in [0, 0.1) is 6.92 Å². The number of rotatable bonds is 2. The molecule has 0 aliphatic heterocycles. The van der Waals surface area contributed by atoms with Gasteiger partial charge < -0.3 is 4.74 Å². The zero-order chi connectivity index (χ0) is 10.7. The molecule has 0 radical (unpaired) electrons. The lowest BCUT2D eigenvalue weighted by Crippen LogP contribution is -2.05. The second-order valence-corrected chi connectivity index (χ2v) is 4.01. The van der Waals surface area contributed by atoms with Gasteiger partial charge in [0.15, 0.2) is 0 Å². The summed E-state index contributed by atoms with van der Waals surface area (Å²) in [5.41, 5.74) is 1.40. The van der Waals surface area contributed by atoms with Crippen molar-refractivity contribution in [3.05, 3.63) is 32.8 Å². The van der Waals surface area contributed by atoms with E-state index in [1.807, 2.05) is 6.92 Å². The quantitative estimate of drug-likeness (QED) is 0.772. The van der Waals surface area contributed by atoms with Crippen LogP contribution in [0.1, 0.15) is 22.8 Å². The Morgan fingerprint density at radius 1 is 1.57 bits per heavy atom. The number of hydrogen-bond donors (Lipinski definition) is 0. The van der Waals surface area contributed by atoms with Crippen molar-refractivity contribution in [1.29, 1.82) is 0 Å². The second-order valence-electron chi connectivity index (χ2n) is 2.81. The zero-order valence-electron chi connectivity index (χ0n) is 7.93. The average molecular weight is 278 g/mol. The number of aryl methyl sites for hydroxylation is 1. The van der Waals surface area contributed by atoms with E-state index in [4.69, 9.17) is 16.3 Å². The van der Waals surface area contributed by atoms with Gasteiger partial charge >= 0.3 is 5.97 Å². The third kappa shape index (κ3) is 2.49. The number of carbonyl (C=O) groups is 1. The van der Waals surface area contributed by atoms with Gasteiger partial charge in [0.05, 0.1) is 17.2 Å². The SMILES string of the molecule is CCOC(=O)c1cc(C)c(Br)c(Cl)c1. The van der Waals surface area contributed by atoms with Gasteiger partial charge in [0.2, 0.25) is 0 Å². The summed E-state index contributed by atoms with van der Waals surface area (Å²) in [6.45, 7) is 4.01. The highest BCUT2D eigenvalue weighted by atomic mass is 79.9. The predicted molar refractivity (Wildman–Crippen MR) is 59.8 cm³/mol. The first kappa shape index (κ1) is 11.5. The molecule has 0 spiro atoms. The Hall–Kier alpha value is -0.540. The molecule has 0 amide bonds. The number of halogens is 2. The molecule has 0 N–H and O–H groups in total. The van der Waals surface area contributed by atoms with Crippen LogP contribution in [0.3, 0.4) is 0 Å². The fourth-order valence-electron chi connectivity index (χ4n) is 1.06. The third-order valence-corrected chi connectivity index (χ3v) is 3.30. The Bertz CT molecular complexity index is 340. The molecule has 0 bridgehead atoms. The van der Waals surface area contributed by atoms with Gasteiger partial charge in [-0.25, -0.2) is 4.79 Å². The van der Waals surface area contributed by atoms with Crippen molar-refractivity contribution in [2.45, 2.75) is 13.8 Å². The molecule has 0 saturated carbocycles. The van der Waals surface area contributed by atoms with E-state index in [2.05, 4.69) is 15.9 Å². The van der Waals surface area contributed by atoms with Crippen LogP contribution in [0.5, 0.6) is 0 Å². The summed E-state index contributed by atoms with van der Waals surface area (Å²) in [5, 5.41) is 0.521. The maximum absolute atomic E-state index is 11.4. The van der Waals surface area contributed by atoms with Crippen LogP contribution in [0.25, 0.3) is 0 Å². The van der Waals surface area contributed by atoms with Crippen molar-refractivity contribution >= 4 is 33.5 Å². The van der Waals surface area contributed by atoms with Gasteiger partial charge in [0, 0.05) is 4.47 Å². The summed E-state index contributed by atoms with van der Waals surface area (Å²) >= 11 is 9.23. The Morgan fingerprint density at radius 3 is 2.71 bits per heavy atom. The summed E-state index contributed by atoms with van der Waals surface area (Å²) in [6, 6.07) is 3.34. The molecule has 0 aromatic heterocycles. The number of hydrogen-bond acceptors (Lipinski definition) is 2. The first-order valence-electron chi connectivity index (χ1n) is 4.19. The summed E-state index contributed by atoms with van der Waals surface area (Å²) in [7, 11) is 0. The Labute approximate surface area is 96.3 Å². The minimum Gasteiger partial charge on any atom is -0.462 e. The van der Waals surface area contributed by atoms with Crippen LogP contribution < -0.4 is 0 Å². The zero-order valence-corrected chi connectivity index (χ0v) is 10.3. The molecular weight excluding hydrogens is 267 g/mol. The fraction of sp³-hybridized carbons (Fsp3) is 0.300. The predicted octanol–water partition coefficient (Wildman–Crippen LogP) is 3.59. The van der Waals surface area contributed by atoms with Crippen molar-refractivity contribution in [2.75, 3.05) is 6.61 Å². The van der Waals surface area contributed by atoms with Crippen LogP contribution in [0.15, 0.2) is 16.6 Å². The Morgan fingerprint density at radius 2 is 2.21 bits per heavy atom. The molecule has 0 fully saturated rings. The van der Waals surface area contributed by atoms with Crippen molar-refractivity contribution in [2.24, 2.45) is 0 Å². The van der Waals surface area contributed by atoms with Crippen molar-refractivity contribution in [3.63, 3.8) is 0 Å². The highest BCUT2D eigenvalue weighted by molar-refractivity contribution is 9.10. The van der Waals surface area contributed by atoms with Crippen LogP contribution in [0.4, 0.5) is 0 Å². The van der Waals surface area contributed by atoms with Gasteiger partial charge in [-0.2, -0.15) is 0 Å². The molecule has 14 heavy (non-hydrogen) atoms. The first-order valence-corrected chi connectivity index (χ1v) is 5.36. The maximum atomic E-state index is 11.4. The van der Waals surface area contributed by atoms with Crippen LogP contribution >= 0.6 is 27.5 Å². The van der Waals surface area contributed by atoms with Gasteiger partial charge in [0.25, 0.3) is 0 Å².